The van der Waals surface area contributed by atoms with Gasteiger partial charge < -0.3 is 0 Å². The molecule has 6 heteroatoms. The molecule has 0 saturated carbocycles. The van der Waals surface area contributed by atoms with E-state index < -0.39 is 0 Å². The van der Waals surface area contributed by atoms with Crippen LogP contribution in [-0.4, -0.2) is 32.9 Å². The Morgan fingerprint density at radius 1 is 1.56 bits per heavy atom. The minimum absolute atomic E-state index is 0.0669. The lowest BCUT2D eigenvalue weighted by molar-refractivity contribution is -0.117. The van der Waals surface area contributed by atoms with Crippen LogP contribution in [0.5, 0.6) is 0 Å². The maximum absolute atomic E-state index is 11.7. The van der Waals surface area contributed by atoms with Gasteiger partial charge in [-0.15, -0.1) is 0 Å². The first kappa shape index (κ1) is 9.65. The highest BCUT2D eigenvalue weighted by molar-refractivity contribution is 7.81. The molecule has 1 aliphatic rings. The van der Waals surface area contributed by atoms with E-state index in [1.54, 1.807) is 11.1 Å². The minimum Gasteiger partial charge on any atom is -0.294 e. The Hall–Kier alpha value is -1.56. The van der Waals surface area contributed by atoms with Crippen LogP contribution in [-0.2, 0) is 4.79 Å². The summed E-state index contributed by atoms with van der Waals surface area (Å²) in [6.07, 6.45) is 2.16. The second-order valence-electron chi connectivity index (χ2n) is 3.81. The van der Waals surface area contributed by atoms with Gasteiger partial charge in [0.1, 0.15) is 0 Å². The van der Waals surface area contributed by atoms with E-state index in [1.165, 1.54) is 0 Å². The Bertz CT molecular complexity index is 552. The number of hydrogen-bond donors (Lipinski definition) is 2. The van der Waals surface area contributed by atoms with Crippen LogP contribution in [0, 0.1) is 0 Å². The molecule has 1 unspecified atom stereocenters. The molecule has 1 amide bonds. The summed E-state index contributed by atoms with van der Waals surface area (Å²) < 4.78 is 0. The summed E-state index contributed by atoms with van der Waals surface area (Å²) >= 11 is 4.32. The Labute approximate surface area is 97.3 Å². The van der Waals surface area contributed by atoms with Crippen molar-refractivity contribution in [3.63, 3.8) is 0 Å². The average Bonchev–Trinajstić information content (AvgIpc) is 2.81. The highest BCUT2D eigenvalue weighted by Crippen LogP contribution is 2.27. The Kier molecular flexibility index (Phi) is 2.10. The van der Waals surface area contributed by atoms with Crippen LogP contribution in [0.3, 0.4) is 0 Å². The lowest BCUT2D eigenvalue weighted by Gasteiger charge is -2.12. The third kappa shape index (κ3) is 1.37. The summed E-state index contributed by atoms with van der Waals surface area (Å²) in [5.74, 6) is 0.724. The van der Waals surface area contributed by atoms with Crippen LogP contribution >= 0.6 is 12.6 Å². The molecule has 1 fully saturated rings. The zero-order chi connectivity index (χ0) is 11.1. The number of amides is 1. The van der Waals surface area contributed by atoms with Gasteiger partial charge in [-0.3, -0.25) is 14.8 Å². The minimum atomic E-state index is 0.0669. The summed E-state index contributed by atoms with van der Waals surface area (Å²) in [4.78, 5) is 17.5. The fraction of sp³-hybridized carbons (Fsp3) is 0.300. The summed E-state index contributed by atoms with van der Waals surface area (Å²) in [5.41, 5.74) is 0.702. The van der Waals surface area contributed by atoms with Gasteiger partial charge in [-0.2, -0.15) is 17.7 Å². The monoisotopic (exact) mass is 234 g/mol. The molecule has 2 aromatic heterocycles. The Morgan fingerprint density at radius 2 is 2.44 bits per heavy atom. The summed E-state index contributed by atoms with van der Waals surface area (Å²) in [5, 5.41) is 7.93. The van der Waals surface area contributed by atoms with Crippen molar-refractivity contribution in [2.24, 2.45) is 0 Å². The molecule has 16 heavy (non-hydrogen) atoms. The maximum atomic E-state index is 11.7. The van der Waals surface area contributed by atoms with Crippen LogP contribution in [0.25, 0.3) is 11.0 Å². The SMILES string of the molecule is O=C1CC(S)CN1c1n[nH]c2ncccc12. The number of rotatable bonds is 1. The normalized spacial score (nSPS) is 20.9. The van der Waals surface area contributed by atoms with E-state index in [9.17, 15) is 4.79 Å². The molecule has 0 bridgehead atoms. The molecule has 82 valence electrons. The molecular formula is C10H10N4OS. The quantitative estimate of drug-likeness (QED) is 0.723. The van der Waals surface area contributed by atoms with Gasteiger partial charge in [-0.1, -0.05) is 0 Å². The lowest BCUT2D eigenvalue weighted by Crippen LogP contribution is -2.25. The zero-order valence-corrected chi connectivity index (χ0v) is 9.32. The predicted octanol–water partition coefficient (Wildman–Crippen LogP) is 0.993. The van der Waals surface area contributed by atoms with Crippen LogP contribution in [0.4, 0.5) is 5.82 Å². The number of nitrogens with one attached hydrogen (secondary N) is 1. The van der Waals surface area contributed by atoms with E-state index in [0.717, 1.165) is 5.39 Å². The van der Waals surface area contributed by atoms with Crippen molar-refractivity contribution in [3.8, 4) is 0 Å². The highest BCUT2D eigenvalue weighted by Gasteiger charge is 2.30. The number of fused-ring (bicyclic) bond motifs is 1. The van der Waals surface area contributed by atoms with Crippen LogP contribution in [0.15, 0.2) is 18.3 Å². The van der Waals surface area contributed by atoms with E-state index >= 15 is 0 Å². The second kappa shape index (κ2) is 3.48. The van der Waals surface area contributed by atoms with Crippen molar-refractivity contribution in [2.75, 3.05) is 11.4 Å². The maximum Gasteiger partial charge on any atom is 0.229 e. The van der Waals surface area contributed by atoms with Gasteiger partial charge in [-0.25, -0.2) is 4.98 Å². The van der Waals surface area contributed by atoms with Gasteiger partial charge in [0.15, 0.2) is 11.5 Å². The van der Waals surface area contributed by atoms with Crippen LogP contribution < -0.4 is 4.90 Å². The first-order chi connectivity index (χ1) is 7.75. The zero-order valence-electron chi connectivity index (χ0n) is 8.42. The van der Waals surface area contributed by atoms with Crippen LogP contribution in [0.1, 0.15) is 6.42 Å². The first-order valence-electron chi connectivity index (χ1n) is 5.03. The number of carbonyl (C=O) groups excluding carboxylic acids is 1. The van der Waals surface area contributed by atoms with Gasteiger partial charge in [0.05, 0.1) is 5.39 Å². The van der Waals surface area contributed by atoms with Crippen molar-refractivity contribution in [2.45, 2.75) is 11.7 Å². The molecule has 2 aromatic rings. The Balaban J connectivity index is 2.09. The van der Waals surface area contributed by atoms with Gasteiger partial charge in [0.2, 0.25) is 5.91 Å². The number of thiol groups is 1. The van der Waals surface area contributed by atoms with Gasteiger partial charge >= 0.3 is 0 Å². The number of pyridine rings is 1. The van der Waals surface area contributed by atoms with Gasteiger partial charge in [0.25, 0.3) is 0 Å². The lowest BCUT2D eigenvalue weighted by atomic mass is 10.3. The second-order valence-corrected chi connectivity index (χ2v) is 4.54. The number of anilines is 1. The number of H-pyrrole nitrogens is 1. The summed E-state index contributed by atoms with van der Waals surface area (Å²) in [6, 6.07) is 3.74. The molecule has 0 radical (unpaired) electrons. The van der Waals surface area contributed by atoms with Crippen molar-refractivity contribution < 1.29 is 4.79 Å². The van der Waals surface area contributed by atoms with Crippen molar-refractivity contribution in [1.82, 2.24) is 15.2 Å². The van der Waals surface area contributed by atoms with Gasteiger partial charge in [0, 0.05) is 24.4 Å². The van der Waals surface area contributed by atoms with Crippen molar-refractivity contribution >= 4 is 35.4 Å². The Morgan fingerprint density at radius 3 is 3.19 bits per heavy atom. The number of aromatic amines is 1. The molecule has 1 atom stereocenters. The molecule has 0 aliphatic carbocycles. The third-order valence-electron chi connectivity index (χ3n) is 2.68. The van der Waals surface area contributed by atoms with Crippen LogP contribution in [0.2, 0.25) is 0 Å². The third-order valence-corrected chi connectivity index (χ3v) is 3.02. The predicted molar refractivity (Wildman–Crippen MR) is 63.6 cm³/mol. The van der Waals surface area contributed by atoms with E-state index in [1.807, 2.05) is 12.1 Å². The molecule has 3 rings (SSSR count). The summed E-state index contributed by atoms with van der Waals surface area (Å²) in [7, 11) is 0. The highest BCUT2D eigenvalue weighted by atomic mass is 32.1. The van der Waals surface area contributed by atoms with E-state index in [4.69, 9.17) is 0 Å². The largest absolute Gasteiger partial charge is 0.294 e. The molecule has 1 aliphatic heterocycles. The molecule has 3 heterocycles. The smallest absolute Gasteiger partial charge is 0.229 e. The fourth-order valence-electron chi connectivity index (χ4n) is 1.94. The van der Waals surface area contributed by atoms with E-state index in [-0.39, 0.29) is 11.2 Å². The topological polar surface area (TPSA) is 61.9 Å². The molecule has 5 nitrogen and oxygen atoms in total. The molecule has 0 aromatic carbocycles. The molecular weight excluding hydrogens is 224 g/mol. The molecule has 1 N–H and O–H groups in total. The number of nitrogens with zero attached hydrogens (tertiary/aromatic N) is 3. The molecule has 0 spiro atoms. The van der Waals surface area contributed by atoms with Crippen molar-refractivity contribution in [3.05, 3.63) is 18.3 Å². The number of hydrogen-bond acceptors (Lipinski definition) is 4. The van der Waals surface area contributed by atoms with Gasteiger partial charge in [-0.05, 0) is 12.1 Å². The fourth-order valence-corrected chi connectivity index (χ4v) is 2.26. The van der Waals surface area contributed by atoms with E-state index in [2.05, 4.69) is 27.8 Å². The average molecular weight is 234 g/mol. The standard InChI is InChI=1S/C10H10N4OS/c15-8-4-6(16)5-14(8)10-7-2-1-3-11-9(7)12-13-10/h1-3,6,16H,4-5H2,(H,11,12,13). The van der Waals surface area contributed by atoms with Crippen molar-refractivity contribution in [1.29, 1.82) is 0 Å². The first-order valence-corrected chi connectivity index (χ1v) is 5.55. The summed E-state index contributed by atoms with van der Waals surface area (Å²) in [6.45, 7) is 0.608. The molecule has 1 saturated heterocycles. The number of aromatic nitrogens is 3. The van der Waals surface area contributed by atoms with E-state index in [0.29, 0.717) is 24.4 Å². The number of carbonyl (C=O) groups is 1.